The standard InChI is InChI=1S/C18H20N6O2/c1-13-9-14(21-12-20-13)3-4-15-11-23(7-8-26-15)18(25)16-10-22-24-6-2-5-19-17(16)24/h2,5-6,9-10,12,15H,3-4,7-8,11H2,1H3. The molecule has 26 heavy (non-hydrogen) atoms. The highest BCUT2D eigenvalue weighted by Crippen LogP contribution is 2.16. The normalized spacial score (nSPS) is 17.6. The van der Waals surface area contributed by atoms with E-state index in [0.717, 1.165) is 24.2 Å². The van der Waals surface area contributed by atoms with Gasteiger partial charge < -0.3 is 9.64 Å². The molecule has 0 radical (unpaired) electrons. The van der Waals surface area contributed by atoms with Gasteiger partial charge in [-0.3, -0.25) is 4.79 Å². The molecule has 1 unspecified atom stereocenters. The Kier molecular flexibility index (Phi) is 4.57. The van der Waals surface area contributed by atoms with Crippen LogP contribution >= 0.6 is 0 Å². The third kappa shape index (κ3) is 3.41. The van der Waals surface area contributed by atoms with Crippen molar-refractivity contribution in [3.8, 4) is 0 Å². The molecule has 0 aromatic carbocycles. The molecule has 134 valence electrons. The van der Waals surface area contributed by atoms with Gasteiger partial charge in [-0.1, -0.05) is 0 Å². The quantitative estimate of drug-likeness (QED) is 0.704. The highest BCUT2D eigenvalue weighted by atomic mass is 16.5. The number of carbonyl (C=O) groups is 1. The number of rotatable bonds is 4. The van der Waals surface area contributed by atoms with E-state index in [1.165, 1.54) is 0 Å². The SMILES string of the molecule is Cc1cc(CCC2CN(C(=O)c3cnn4cccnc34)CCO2)ncn1. The minimum absolute atomic E-state index is 0.00207. The van der Waals surface area contributed by atoms with Gasteiger partial charge in [0.2, 0.25) is 0 Å². The molecule has 1 saturated heterocycles. The average molecular weight is 352 g/mol. The molecule has 1 aliphatic heterocycles. The van der Waals surface area contributed by atoms with Crippen molar-refractivity contribution in [2.45, 2.75) is 25.9 Å². The predicted octanol–water partition coefficient (Wildman–Crippen LogP) is 1.30. The molecule has 3 aromatic rings. The second-order valence-electron chi connectivity index (χ2n) is 6.38. The van der Waals surface area contributed by atoms with Gasteiger partial charge in [0.15, 0.2) is 5.65 Å². The summed E-state index contributed by atoms with van der Waals surface area (Å²) in [5.41, 5.74) is 3.06. The van der Waals surface area contributed by atoms with E-state index >= 15 is 0 Å². The molecule has 0 spiro atoms. The van der Waals surface area contributed by atoms with Gasteiger partial charge in [-0.25, -0.2) is 19.5 Å². The highest BCUT2D eigenvalue weighted by molar-refractivity contribution is 5.99. The number of nitrogens with zero attached hydrogens (tertiary/aromatic N) is 6. The minimum atomic E-state index is -0.0510. The summed E-state index contributed by atoms with van der Waals surface area (Å²) in [7, 11) is 0. The van der Waals surface area contributed by atoms with E-state index in [9.17, 15) is 4.79 Å². The van der Waals surface area contributed by atoms with Crippen molar-refractivity contribution in [2.75, 3.05) is 19.7 Å². The van der Waals surface area contributed by atoms with E-state index in [4.69, 9.17) is 4.74 Å². The van der Waals surface area contributed by atoms with Crippen LogP contribution in [0.1, 0.15) is 28.2 Å². The number of carbonyl (C=O) groups excluding carboxylic acids is 1. The smallest absolute Gasteiger partial charge is 0.259 e. The Morgan fingerprint density at radius 3 is 3.15 bits per heavy atom. The van der Waals surface area contributed by atoms with Crippen LogP contribution in [-0.4, -0.2) is 61.2 Å². The lowest BCUT2D eigenvalue weighted by molar-refractivity contribution is -0.0246. The van der Waals surface area contributed by atoms with Crippen molar-refractivity contribution in [2.24, 2.45) is 0 Å². The van der Waals surface area contributed by atoms with E-state index in [1.807, 2.05) is 17.9 Å². The first-order valence-electron chi connectivity index (χ1n) is 8.67. The molecule has 8 nitrogen and oxygen atoms in total. The van der Waals surface area contributed by atoms with Gasteiger partial charge in [0.25, 0.3) is 5.91 Å². The van der Waals surface area contributed by atoms with Gasteiger partial charge in [0.05, 0.1) is 18.9 Å². The van der Waals surface area contributed by atoms with Crippen molar-refractivity contribution in [1.29, 1.82) is 0 Å². The molecule has 8 heteroatoms. The second-order valence-corrected chi connectivity index (χ2v) is 6.38. The third-order valence-electron chi connectivity index (χ3n) is 4.52. The predicted molar refractivity (Wildman–Crippen MR) is 93.7 cm³/mol. The van der Waals surface area contributed by atoms with E-state index in [2.05, 4.69) is 20.1 Å². The van der Waals surface area contributed by atoms with E-state index in [0.29, 0.717) is 30.9 Å². The highest BCUT2D eigenvalue weighted by Gasteiger charge is 2.27. The molecule has 0 N–H and O–H groups in total. The van der Waals surface area contributed by atoms with Crippen molar-refractivity contribution in [1.82, 2.24) is 29.5 Å². The summed E-state index contributed by atoms with van der Waals surface area (Å²) < 4.78 is 7.46. The first kappa shape index (κ1) is 16.6. The number of ether oxygens (including phenoxy) is 1. The van der Waals surface area contributed by atoms with Gasteiger partial charge in [-0.05, 0) is 31.9 Å². The van der Waals surface area contributed by atoms with Crippen LogP contribution in [0.5, 0.6) is 0 Å². The Labute approximate surface area is 150 Å². The summed E-state index contributed by atoms with van der Waals surface area (Å²) in [5.74, 6) is -0.0510. The lowest BCUT2D eigenvalue weighted by atomic mass is 10.1. The summed E-state index contributed by atoms with van der Waals surface area (Å²) in [6.07, 6.45) is 8.23. The zero-order chi connectivity index (χ0) is 17.9. The number of aryl methyl sites for hydroxylation is 2. The summed E-state index contributed by atoms with van der Waals surface area (Å²) in [6, 6.07) is 3.77. The molecule has 1 fully saturated rings. The minimum Gasteiger partial charge on any atom is -0.375 e. The average Bonchev–Trinajstić information content (AvgIpc) is 3.10. The number of hydrogen-bond acceptors (Lipinski definition) is 6. The fraction of sp³-hybridized carbons (Fsp3) is 0.389. The van der Waals surface area contributed by atoms with Crippen LogP contribution in [0.3, 0.4) is 0 Å². The van der Waals surface area contributed by atoms with Gasteiger partial charge >= 0.3 is 0 Å². The third-order valence-corrected chi connectivity index (χ3v) is 4.52. The fourth-order valence-corrected chi connectivity index (χ4v) is 3.18. The molecule has 1 atom stereocenters. The van der Waals surface area contributed by atoms with Crippen molar-refractivity contribution in [3.63, 3.8) is 0 Å². The largest absolute Gasteiger partial charge is 0.375 e. The lowest BCUT2D eigenvalue weighted by Gasteiger charge is -2.32. The second kappa shape index (κ2) is 7.17. The molecular weight excluding hydrogens is 332 g/mol. The van der Waals surface area contributed by atoms with Crippen LogP contribution < -0.4 is 0 Å². The molecule has 3 aromatic heterocycles. The van der Waals surface area contributed by atoms with Crippen LogP contribution in [0.15, 0.2) is 37.1 Å². The van der Waals surface area contributed by atoms with Crippen LogP contribution in [-0.2, 0) is 11.2 Å². The molecule has 0 bridgehead atoms. The first-order chi connectivity index (χ1) is 12.7. The molecular formula is C18H20N6O2. The van der Waals surface area contributed by atoms with Gasteiger partial charge in [-0.15, -0.1) is 0 Å². The topological polar surface area (TPSA) is 85.5 Å². The molecule has 0 aliphatic carbocycles. The zero-order valence-electron chi connectivity index (χ0n) is 14.6. The van der Waals surface area contributed by atoms with E-state index in [1.54, 1.807) is 35.5 Å². The number of aromatic nitrogens is 5. The Balaban J connectivity index is 1.42. The molecule has 4 heterocycles. The van der Waals surface area contributed by atoms with Crippen LogP contribution in [0.4, 0.5) is 0 Å². The number of amides is 1. The maximum Gasteiger partial charge on any atom is 0.259 e. The summed E-state index contributed by atoms with van der Waals surface area (Å²) in [6.45, 7) is 3.62. The molecule has 0 saturated carbocycles. The molecule has 1 aliphatic rings. The maximum absolute atomic E-state index is 12.9. The van der Waals surface area contributed by atoms with Crippen LogP contribution in [0.2, 0.25) is 0 Å². The Morgan fingerprint density at radius 1 is 1.35 bits per heavy atom. The number of fused-ring (bicyclic) bond motifs is 1. The Bertz CT molecular complexity index is 925. The van der Waals surface area contributed by atoms with Gasteiger partial charge in [-0.2, -0.15) is 5.10 Å². The van der Waals surface area contributed by atoms with Crippen LogP contribution in [0.25, 0.3) is 5.65 Å². The van der Waals surface area contributed by atoms with Crippen molar-refractivity contribution >= 4 is 11.6 Å². The van der Waals surface area contributed by atoms with Crippen LogP contribution in [0, 0.1) is 6.92 Å². The summed E-state index contributed by atoms with van der Waals surface area (Å²) in [4.78, 5) is 27.4. The van der Waals surface area contributed by atoms with E-state index < -0.39 is 0 Å². The van der Waals surface area contributed by atoms with Gasteiger partial charge in [0.1, 0.15) is 11.9 Å². The molecule has 1 amide bonds. The summed E-state index contributed by atoms with van der Waals surface area (Å²) in [5, 5.41) is 4.20. The first-order valence-corrected chi connectivity index (χ1v) is 8.67. The zero-order valence-corrected chi connectivity index (χ0v) is 14.6. The maximum atomic E-state index is 12.9. The van der Waals surface area contributed by atoms with E-state index in [-0.39, 0.29) is 12.0 Å². The lowest BCUT2D eigenvalue weighted by Crippen LogP contribution is -2.45. The Hall–Kier alpha value is -2.87. The van der Waals surface area contributed by atoms with Crippen molar-refractivity contribution < 1.29 is 9.53 Å². The van der Waals surface area contributed by atoms with Crippen molar-refractivity contribution in [3.05, 3.63) is 54.0 Å². The Morgan fingerprint density at radius 2 is 2.27 bits per heavy atom. The monoisotopic (exact) mass is 352 g/mol. The van der Waals surface area contributed by atoms with Gasteiger partial charge in [0, 0.05) is 36.9 Å². The molecule has 4 rings (SSSR count). The number of hydrogen-bond donors (Lipinski definition) is 0. The fourth-order valence-electron chi connectivity index (χ4n) is 3.18. The number of morpholine rings is 1. The summed E-state index contributed by atoms with van der Waals surface area (Å²) >= 11 is 0.